The first-order valence-corrected chi connectivity index (χ1v) is 7.39. The van der Waals surface area contributed by atoms with E-state index in [9.17, 15) is 0 Å². The van der Waals surface area contributed by atoms with Crippen molar-refractivity contribution >= 4 is 16.9 Å². The predicted octanol–water partition coefficient (Wildman–Crippen LogP) is 1.49. The fraction of sp³-hybridized carbons (Fsp3) is 0.643. The number of nitrogens with zero attached hydrogens (tertiary/aromatic N) is 4. The molecule has 2 aromatic rings. The molecular weight excluding hydrogens is 270 g/mol. The number of hydrogen-bond acceptors (Lipinski definition) is 6. The summed E-state index contributed by atoms with van der Waals surface area (Å²) < 4.78 is 12.9. The molecule has 1 N–H and O–H groups in total. The van der Waals surface area contributed by atoms with Gasteiger partial charge in [0.05, 0.1) is 24.3 Å². The van der Waals surface area contributed by atoms with Crippen molar-refractivity contribution in [2.75, 3.05) is 25.1 Å². The standard InChI is InChI=1S/C14H21N5O2/c1-3-5-15-13-11-7-16-19(2)14(11)18-12(17-13)9-21-10-4-6-20-8-10/h7,10H,3-6,8-9H2,1-2H3,(H,15,17,18). The highest BCUT2D eigenvalue weighted by atomic mass is 16.5. The zero-order valence-corrected chi connectivity index (χ0v) is 12.5. The van der Waals surface area contributed by atoms with Crippen LogP contribution in [0.1, 0.15) is 25.6 Å². The zero-order valence-electron chi connectivity index (χ0n) is 12.5. The van der Waals surface area contributed by atoms with Gasteiger partial charge < -0.3 is 14.8 Å². The summed E-state index contributed by atoms with van der Waals surface area (Å²) in [5, 5.41) is 8.53. The summed E-state index contributed by atoms with van der Waals surface area (Å²) in [4.78, 5) is 9.12. The van der Waals surface area contributed by atoms with E-state index in [1.807, 2.05) is 7.05 Å². The van der Waals surface area contributed by atoms with Gasteiger partial charge in [-0.25, -0.2) is 9.97 Å². The predicted molar refractivity (Wildman–Crippen MR) is 79.1 cm³/mol. The lowest BCUT2D eigenvalue weighted by Gasteiger charge is -2.11. The second kappa shape index (κ2) is 6.36. The number of aromatic nitrogens is 4. The molecule has 0 amide bonds. The fourth-order valence-electron chi connectivity index (χ4n) is 2.35. The molecule has 1 aliphatic rings. The molecule has 0 saturated carbocycles. The Morgan fingerprint density at radius 3 is 3.14 bits per heavy atom. The lowest BCUT2D eigenvalue weighted by atomic mass is 10.3. The van der Waals surface area contributed by atoms with Gasteiger partial charge in [-0.2, -0.15) is 5.10 Å². The van der Waals surface area contributed by atoms with Crippen LogP contribution in [0.15, 0.2) is 6.20 Å². The van der Waals surface area contributed by atoms with E-state index in [4.69, 9.17) is 9.47 Å². The summed E-state index contributed by atoms with van der Waals surface area (Å²) in [5.41, 5.74) is 0.824. The van der Waals surface area contributed by atoms with Crippen LogP contribution in [0.25, 0.3) is 11.0 Å². The molecule has 0 radical (unpaired) electrons. The van der Waals surface area contributed by atoms with Gasteiger partial charge in [-0.3, -0.25) is 4.68 Å². The highest BCUT2D eigenvalue weighted by molar-refractivity contribution is 5.86. The molecule has 0 bridgehead atoms. The van der Waals surface area contributed by atoms with Gasteiger partial charge in [0.15, 0.2) is 11.5 Å². The second-order valence-corrected chi connectivity index (χ2v) is 5.22. The summed E-state index contributed by atoms with van der Waals surface area (Å²) in [6.07, 6.45) is 3.93. The number of hydrogen-bond donors (Lipinski definition) is 1. The maximum atomic E-state index is 5.81. The van der Waals surface area contributed by atoms with Crippen molar-refractivity contribution < 1.29 is 9.47 Å². The molecule has 1 atom stereocenters. The van der Waals surface area contributed by atoms with E-state index in [0.29, 0.717) is 19.0 Å². The molecule has 0 aromatic carbocycles. The zero-order chi connectivity index (χ0) is 14.7. The minimum Gasteiger partial charge on any atom is -0.379 e. The van der Waals surface area contributed by atoms with Crippen LogP contribution < -0.4 is 5.32 Å². The molecular formula is C14H21N5O2. The Morgan fingerprint density at radius 1 is 1.48 bits per heavy atom. The van der Waals surface area contributed by atoms with E-state index in [1.54, 1.807) is 10.9 Å². The minimum atomic E-state index is 0.155. The second-order valence-electron chi connectivity index (χ2n) is 5.22. The van der Waals surface area contributed by atoms with Gasteiger partial charge >= 0.3 is 0 Å². The number of anilines is 1. The molecule has 21 heavy (non-hydrogen) atoms. The van der Waals surface area contributed by atoms with Crippen LogP contribution in [-0.4, -0.2) is 45.6 Å². The van der Waals surface area contributed by atoms with Gasteiger partial charge in [-0.15, -0.1) is 0 Å². The molecule has 0 spiro atoms. The van der Waals surface area contributed by atoms with Gasteiger partial charge in [-0.05, 0) is 12.8 Å². The van der Waals surface area contributed by atoms with Crippen molar-refractivity contribution in [3.63, 3.8) is 0 Å². The number of fused-ring (bicyclic) bond motifs is 1. The number of aryl methyl sites for hydroxylation is 1. The minimum absolute atomic E-state index is 0.155. The molecule has 3 heterocycles. The van der Waals surface area contributed by atoms with Gasteiger partial charge in [0.25, 0.3) is 0 Å². The number of rotatable bonds is 6. The average molecular weight is 291 g/mol. The van der Waals surface area contributed by atoms with Crippen molar-refractivity contribution in [1.82, 2.24) is 19.7 Å². The third kappa shape index (κ3) is 3.14. The smallest absolute Gasteiger partial charge is 0.163 e. The van der Waals surface area contributed by atoms with Crippen molar-refractivity contribution in [2.24, 2.45) is 7.05 Å². The molecule has 0 aliphatic carbocycles. The topological polar surface area (TPSA) is 74.1 Å². The Balaban J connectivity index is 1.81. The van der Waals surface area contributed by atoms with Crippen LogP contribution in [0, 0.1) is 0 Å². The third-order valence-electron chi connectivity index (χ3n) is 3.52. The molecule has 114 valence electrons. The molecule has 1 fully saturated rings. The van der Waals surface area contributed by atoms with Crippen LogP contribution in [-0.2, 0) is 23.1 Å². The van der Waals surface area contributed by atoms with Crippen molar-refractivity contribution in [2.45, 2.75) is 32.5 Å². The first kappa shape index (κ1) is 14.2. The van der Waals surface area contributed by atoms with Crippen molar-refractivity contribution in [3.05, 3.63) is 12.0 Å². The molecule has 2 aromatic heterocycles. The summed E-state index contributed by atoms with van der Waals surface area (Å²) in [5.74, 6) is 1.51. The molecule has 1 saturated heterocycles. The van der Waals surface area contributed by atoms with Gasteiger partial charge in [0.1, 0.15) is 12.4 Å². The fourth-order valence-corrected chi connectivity index (χ4v) is 2.35. The van der Waals surface area contributed by atoms with E-state index in [0.717, 1.165) is 42.8 Å². The Kier molecular flexibility index (Phi) is 4.31. The molecule has 7 heteroatoms. The van der Waals surface area contributed by atoms with E-state index < -0.39 is 0 Å². The van der Waals surface area contributed by atoms with Crippen LogP contribution >= 0.6 is 0 Å². The van der Waals surface area contributed by atoms with Crippen molar-refractivity contribution in [1.29, 1.82) is 0 Å². The van der Waals surface area contributed by atoms with E-state index >= 15 is 0 Å². The summed E-state index contributed by atoms with van der Waals surface area (Å²) >= 11 is 0. The average Bonchev–Trinajstić information content (AvgIpc) is 3.13. The quantitative estimate of drug-likeness (QED) is 0.869. The lowest BCUT2D eigenvalue weighted by molar-refractivity contribution is 0.0285. The first-order chi connectivity index (χ1) is 10.3. The summed E-state index contributed by atoms with van der Waals surface area (Å²) in [6.45, 7) is 4.83. The van der Waals surface area contributed by atoms with Crippen molar-refractivity contribution in [3.8, 4) is 0 Å². The van der Waals surface area contributed by atoms with E-state index in [-0.39, 0.29) is 6.10 Å². The highest BCUT2D eigenvalue weighted by Crippen LogP contribution is 2.20. The number of nitrogens with one attached hydrogen (secondary N) is 1. The molecule has 1 aliphatic heterocycles. The van der Waals surface area contributed by atoms with Gasteiger partial charge in [0.2, 0.25) is 0 Å². The van der Waals surface area contributed by atoms with Crippen LogP contribution in [0.5, 0.6) is 0 Å². The summed E-state index contributed by atoms with van der Waals surface area (Å²) in [7, 11) is 1.88. The van der Waals surface area contributed by atoms with Crippen LogP contribution in [0.3, 0.4) is 0 Å². The first-order valence-electron chi connectivity index (χ1n) is 7.39. The van der Waals surface area contributed by atoms with E-state index in [2.05, 4.69) is 27.3 Å². The monoisotopic (exact) mass is 291 g/mol. The Hall–Kier alpha value is -1.73. The molecule has 7 nitrogen and oxygen atoms in total. The normalized spacial score (nSPS) is 18.5. The lowest BCUT2D eigenvalue weighted by Crippen LogP contribution is -2.14. The molecule has 3 rings (SSSR count). The Morgan fingerprint density at radius 2 is 2.38 bits per heavy atom. The third-order valence-corrected chi connectivity index (χ3v) is 3.52. The SMILES string of the molecule is CCCNc1nc(COC2CCOC2)nc2c1cnn2C. The number of ether oxygens (including phenoxy) is 2. The maximum absolute atomic E-state index is 5.81. The van der Waals surface area contributed by atoms with Gasteiger partial charge in [-0.1, -0.05) is 6.92 Å². The van der Waals surface area contributed by atoms with E-state index in [1.165, 1.54) is 0 Å². The van der Waals surface area contributed by atoms with Crippen LogP contribution in [0.4, 0.5) is 5.82 Å². The van der Waals surface area contributed by atoms with Crippen LogP contribution in [0.2, 0.25) is 0 Å². The largest absolute Gasteiger partial charge is 0.379 e. The van der Waals surface area contributed by atoms with Gasteiger partial charge in [0, 0.05) is 20.2 Å². The summed E-state index contributed by atoms with van der Waals surface area (Å²) in [6, 6.07) is 0. The highest BCUT2D eigenvalue weighted by Gasteiger charge is 2.17. The Bertz CT molecular complexity index is 607. The molecule has 1 unspecified atom stereocenters. The maximum Gasteiger partial charge on any atom is 0.163 e. The Labute approximate surface area is 123 Å².